The Labute approximate surface area is 143 Å². The Balaban J connectivity index is 2.11. The zero-order valence-electron chi connectivity index (χ0n) is 12.8. The van der Waals surface area contributed by atoms with E-state index in [-0.39, 0.29) is 16.3 Å². The number of amides is 1. The minimum atomic E-state index is -4.46. The largest absolute Gasteiger partial charge is 0.508 e. The zero-order chi connectivity index (χ0) is 18.2. The molecule has 3 rings (SSSR count). The third kappa shape index (κ3) is 3.54. The van der Waals surface area contributed by atoms with Crippen LogP contribution in [-0.4, -0.2) is 24.0 Å². The van der Waals surface area contributed by atoms with Crippen molar-refractivity contribution in [3.8, 4) is 5.75 Å². The fourth-order valence-corrected chi connectivity index (χ4v) is 2.94. The number of nitrogens with two attached hydrogens (primary N) is 1. The first kappa shape index (κ1) is 16.7. The molecule has 0 saturated heterocycles. The highest BCUT2D eigenvalue weighted by Crippen LogP contribution is 2.31. The van der Waals surface area contributed by atoms with Crippen LogP contribution >= 0.6 is 0 Å². The van der Waals surface area contributed by atoms with Gasteiger partial charge in [0, 0.05) is 16.6 Å². The van der Waals surface area contributed by atoms with Crippen LogP contribution in [0.4, 0.5) is 11.4 Å². The summed E-state index contributed by atoms with van der Waals surface area (Å²) in [6, 6.07) is 12.8. The van der Waals surface area contributed by atoms with Crippen LogP contribution in [-0.2, 0) is 10.1 Å². The van der Waals surface area contributed by atoms with Crippen LogP contribution in [0.25, 0.3) is 10.8 Å². The number of carbonyl (C=O) groups is 1. The smallest absolute Gasteiger partial charge is 0.294 e. The number of fused-ring (bicyclic) bond motifs is 1. The van der Waals surface area contributed by atoms with Crippen molar-refractivity contribution >= 4 is 38.2 Å². The zero-order valence-corrected chi connectivity index (χ0v) is 13.6. The van der Waals surface area contributed by atoms with Gasteiger partial charge in [0.05, 0.1) is 10.6 Å². The first-order chi connectivity index (χ1) is 11.7. The molecule has 0 atom stereocenters. The van der Waals surface area contributed by atoms with Gasteiger partial charge >= 0.3 is 0 Å². The lowest BCUT2D eigenvalue weighted by Gasteiger charge is -2.11. The number of hydrogen-bond donors (Lipinski definition) is 4. The molecule has 3 aromatic rings. The van der Waals surface area contributed by atoms with Crippen molar-refractivity contribution in [2.45, 2.75) is 4.90 Å². The standard InChI is InChI=1S/C17H14N2O5S/c18-12-4-1-10(2-5-12)17(21)19-16-9-14(25(22,23)24)7-11-3-6-13(20)8-15(11)16/h1-9,20H,18H2,(H,19,21)(H,22,23,24). The maximum Gasteiger partial charge on any atom is 0.294 e. The molecular formula is C17H14N2O5S. The Morgan fingerprint density at radius 1 is 1.00 bits per heavy atom. The Kier molecular flexibility index (Phi) is 4.07. The monoisotopic (exact) mass is 358 g/mol. The number of rotatable bonds is 3. The maximum absolute atomic E-state index is 12.4. The highest BCUT2D eigenvalue weighted by molar-refractivity contribution is 7.85. The molecule has 7 nitrogen and oxygen atoms in total. The van der Waals surface area contributed by atoms with Gasteiger partial charge in [-0.25, -0.2) is 0 Å². The minimum Gasteiger partial charge on any atom is -0.508 e. The van der Waals surface area contributed by atoms with Crippen molar-refractivity contribution in [1.82, 2.24) is 0 Å². The number of phenolic OH excluding ortho intramolecular Hbond substituents is 1. The van der Waals surface area contributed by atoms with Gasteiger partial charge in [0.25, 0.3) is 16.0 Å². The number of phenols is 1. The second-order valence-corrected chi connectivity index (χ2v) is 6.85. The summed E-state index contributed by atoms with van der Waals surface area (Å²) < 4.78 is 32.2. The normalized spacial score (nSPS) is 11.4. The SMILES string of the molecule is Nc1ccc(C(=O)Nc2cc(S(=O)(=O)O)cc3ccc(O)cc23)cc1. The van der Waals surface area contributed by atoms with E-state index < -0.39 is 16.0 Å². The van der Waals surface area contributed by atoms with E-state index in [1.807, 2.05) is 0 Å². The third-order valence-corrected chi connectivity index (χ3v) is 4.46. The van der Waals surface area contributed by atoms with Gasteiger partial charge in [-0.15, -0.1) is 0 Å². The average Bonchev–Trinajstić information content (AvgIpc) is 2.54. The highest BCUT2D eigenvalue weighted by Gasteiger charge is 2.16. The molecule has 25 heavy (non-hydrogen) atoms. The van der Waals surface area contributed by atoms with Crippen LogP contribution in [0.2, 0.25) is 0 Å². The Morgan fingerprint density at radius 3 is 2.32 bits per heavy atom. The van der Waals surface area contributed by atoms with Crippen molar-refractivity contribution in [1.29, 1.82) is 0 Å². The fourth-order valence-electron chi connectivity index (χ4n) is 2.40. The Bertz CT molecular complexity index is 1080. The van der Waals surface area contributed by atoms with Crippen LogP contribution < -0.4 is 11.1 Å². The quantitative estimate of drug-likeness (QED) is 0.421. The molecule has 0 aliphatic rings. The predicted molar refractivity (Wildman–Crippen MR) is 94.2 cm³/mol. The van der Waals surface area contributed by atoms with Crippen LogP contribution in [0.5, 0.6) is 5.75 Å². The second-order valence-electron chi connectivity index (χ2n) is 5.43. The van der Waals surface area contributed by atoms with Crippen LogP contribution in [0.15, 0.2) is 59.5 Å². The summed E-state index contributed by atoms with van der Waals surface area (Å²) >= 11 is 0. The van der Waals surface area contributed by atoms with Gasteiger partial charge in [0.1, 0.15) is 5.75 Å². The van der Waals surface area contributed by atoms with Gasteiger partial charge < -0.3 is 16.2 Å². The van der Waals surface area contributed by atoms with Crippen LogP contribution in [0.1, 0.15) is 10.4 Å². The number of benzene rings is 3. The van der Waals surface area contributed by atoms with Crippen molar-refractivity contribution in [2.75, 3.05) is 11.1 Å². The number of nitrogens with one attached hydrogen (secondary N) is 1. The lowest BCUT2D eigenvalue weighted by molar-refractivity contribution is 0.102. The molecule has 1 amide bonds. The Morgan fingerprint density at radius 2 is 1.68 bits per heavy atom. The lowest BCUT2D eigenvalue weighted by atomic mass is 10.1. The summed E-state index contributed by atoms with van der Waals surface area (Å²) in [5, 5.41) is 13.1. The van der Waals surface area contributed by atoms with Crippen LogP contribution in [0, 0.1) is 0 Å². The van der Waals surface area contributed by atoms with Gasteiger partial charge in [0.15, 0.2) is 0 Å². The molecule has 8 heteroatoms. The number of hydrogen-bond acceptors (Lipinski definition) is 5. The summed E-state index contributed by atoms with van der Waals surface area (Å²) in [7, 11) is -4.46. The summed E-state index contributed by atoms with van der Waals surface area (Å²) in [5.74, 6) is -0.535. The van der Waals surface area contributed by atoms with E-state index in [9.17, 15) is 22.9 Å². The maximum atomic E-state index is 12.4. The number of carbonyl (C=O) groups excluding carboxylic acids is 1. The molecule has 0 aliphatic carbocycles. The second kappa shape index (κ2) is 6.08. The van der Waals surface area contributed by atoms with Gasteiger partial charge in [-0.2, -0.15) is 8.42 Å². The lowest BCUT2D eigenvalue weighted by Crippen LogP contribution is -2.13. The van der Waals surface area contributed by atoms with Crippen LogP contribution in [0.3, 0.4) is 0 Å². The van der Waals surface area contributed by atoms with Gasteiger partial charge in [-0.1, -0.05) is 6.07 Å². The molecular weight excluding hydrogens is 344 g/mol. The van der Waals surface area contributed by atoms with Crippen molar-refractivity contribution in [3.05, 3.63) is 60.2 Å². The molecule has 0 radical (unpaired) electrons. The van der Waals surface area contributed by atoms with E-state index >= 15 is 0 Å². The van der Waals surface area contributed by atoms with E-state index in [1.54, 1.807) is 12.1 Å². The summed E-state index contributed by atoms with van der Waals surface area (Å²) in [5.41, 5.74) is 6.55. The highest BCUT2D eigenvalue weighted by atomic mass is 32.2. The Hall–Kier alpha value is -3.10. The summed E-state index contributed by atoms with van der Waals surface area (Å²) in [4.78, 5) is 12.0. The van der Waals surface area contributed by atoms with Gasteiger partial charge in [0.2, 0.25) is 0 Å². The molecule has 0 unspecified atom stereocenters. The number of anilines is 2. The summed E-state index contributed by atoms with van der Waals surface area (Å²) in [6.45, 7) is 0. The van der Waals surface area contributed by atoms with E-state index in [0.29, 0.717) is 22.0 Å². The molecule has 0 saturated carbocycles. The van der Waals surface area contributed by atoms with E-state index in [0.717, 1.165) is 6.07 Å². The topological polar surface area (TPSA) is 130 Å². The minimum absolute atomic E-state index is 0.0462. The molecule has 128 valence electrons. The summed E-state index contributed by atoms with van der Waals surface area (Å²) in [6.07, 6.45) is 0. The van der Waals surface area contributed by atoms with E-state index in [2.05, 4.69) is 5.32 Å². The van der Waals surface area contributed by atoms with E-state index in [4.69, 9.17) is 5.73 Å². The molecule has 0 heterocycles. The van der Waals surface area contributed by atoms with E-state index in [1.165, 1.54) is 36.4 Å². The van der Waals surface area contributed by atoms with Crippen molar-refractivity contribution < 1.29 is 22.9 Å². The molecule has 0 bridgehead atoms. The fraction of sp³-hybridized carbons (Fsp3) is 0. The predicted octanol–water partition coefficient (Wildman–Crippen LogP) is 2.63. The first-order valence-electron chi connectivity index (χ1n) is 7.15. The number of aromatic hydroxyl groups is 1. The third-order valence-electron chi connectivity index (χ3n) is 3.63. The molecule has 0 aromatic heterocycles. The molecule has 0 aliphatic heterocycles. The number of nitrogen functional groups attached to an aromatic ring is 1. The molecule has 5 N–H and O–H groups in total. The van der Waals surface area contributed by atoms with Crippen molar-refractivity contribution in [3.63, 3.8) is 0 Å². The van der Waals surface area contributed by atoms with Gasteiger partial charge in [-0.3, -0.25) is 9.35 Å². The van der Waals surface area contributed by atoms with Crippen molar-refractivity contribution in [2.24, 2.45) is 0 Å². The molecule has 0 spiro atoms. The average molecular weight is 358 g/mol. The van der Waals surface area contributed by atoms with Gasteiger partial charge in [-0.05, 0) is 53.9 Å². The molecule has 0 fully saturated rings. The molecule has 3 aromatic carbocycles. The first-order valence-corrected chi connectivity index (χ1v) is 8.59.